The number of carbonyl (C=O) groups is 1. The molecule has 1 aliphatic carbocycles. The predicted octanol–water partition coefficient (Wildman–Crippen LogP) is 4.93. The number of carbonyl (C=O) groups excluding carboxylic acids is 1. The number of aliphatic hydroxyl groups is 2. The Morgan fingerprint density at radius 3 is 2.61 bits per heavy atom. The van der Waals surface area contributed by atoms with Gasteiger partial charge in [-0.2, -0.15) is 0 Å². The standard InChI is InChI=1S/C26H38O5/c1-6-7-8-9-18-13-21(30-24(29)26(5,15-27)16-28)23-19-12-17(2)10-11-20(19)25(3,4)31-22(23)14-18/h12-14,19-20,27-28H,6-11,15-16H2,1-5H3/t19?,20-/m1/s1. The van der Waals surface area contributed by atoms with E-state index in [0.717, 1.165) is 55.4 Å². The molecule has 0 amide bonds. The number of fused-ring (bicyclic) bond motifs is 3. The van der Waals surface area contributed by atoms with Crippen molar-refractivity contribution in [3.05, 3.63) is 34.9 Å². The molecule has 1 aromatic carbocycles. The largest absolute Gasteiger partial charge is 0.487 e. The van der Waals surface area contributed by atoms with Crippen LogP contribution in [-0.4, -0.2) is 35.0 Å². The van der Waals surface area contributed by atoms with Crippen LogP contribution in [0.2, 0.25) is 0 Å². The Morgan fingerprint density at radius 1 is 1.26 bits per heavy atom. The maximum atomic E-state index is 12.9. The van der Waals surface area contributed by atoms with Gasteiger partial charge < -0.3 is 19.7 Å². The van der Waals surface area contributed by atoms with Crippen LogP contribution in [-0.2, 0) is 11.2 Å². The zero-order valence-corrected chi connectivity index (χ0v) is 19.7. The Hall–Kier alpha value is -1.85. The van der Waals surface area contributed by atoms with E-state index in [2.05, 4.69) is 39.8 Å². The van der Waals surface area contributed by atoms with Crippen LogP contribution in [0.15, 0.2) is 23.8 Å². The van der Waals surface area contributed by atoms with Gasteiger partial charge >= 0.3 is 5.97 Å². The first-order chi connectivity index (χ1) is 14.6. The van der Waals surface area contributed by atoms with Crippen LogP contribution in [0.5, 0.6) is 11.5 Å². The van der Waals surface area contributed by atoms with Crippen molar-refractivity contribution >= 4 is 5.97 Å². The fourth-order valence-electron chi connectivity index (χ4n) is 4.77. The first kappa shape index (κ1) is 23.8. The summed E-state index contributed by atoms with van der Waals surface area (Å²) in [6.45, 7) is 9.18. The highest BCUT2D eigenvalue weighted by Crippen LogP contribution is 2.54. The van der Waals surface area contributed by atoms with Gasteiger partial charge in [0.05, 0.1) is 13.2 Å². The lowest BCUT2D eigenvalue weighted by Crippen LogP contribution is -2.45. The maximum Gasteiger partial charge on any atom is 0.321 e. The predicted molar refractivity (Wildman–Crippen MR) is 122 cm³/mol. The molecule has 172 valence electrons. The molecule has 0 bridgehead atoms. The van der Waals surface area contributed by atoms with Gasteiger partial charge in [0.2, 0.25) is 0 Å². The topological polar surface area (TPSA) is 76.0 Å². The summed E-state index contributed by atoms with van der Waals surface area (Å²) in [5.41, 5.74) is 1.66. The molecule has 5 nitrogen and oxygen atoms in total. The average molecular weight is 431 g/mol. The van der Waals surface area contributed by atoms with Crippen LogP contribution in [0, 0.1) is 11.3 Å². The van der Waals surface area contributed by atoms with Crippen molar-refractivity contribution in [2.24, 2.45) is 11.3 Å². The van der Waals surface area contributed by atoms with Gasteiger partial charge in [0.15, 0.2) is 0 Å². The summed E-state index contributed by atoms with van der Waals surface area (Å²) >= 11 is 0. The molecule has 2 N–H and O–H groups in total. The van der Waals surface area contributed by atoms with E-state index < -0.39 is 24.6 Å². The number of benzene rings is 1. The van der Waals surface area contributed by atoms with E-state index in [1.165, 1.54) is 12.5 Å². The second-order valence-corrected chi connectivity index (χ2v) is 10.1. The average Bonchev–Trinajstić information content (AvgIpc) is 2.72. The molecule has 0 aromatic heterocycles. The molecule has 1 aliphatic heterocycles. The van der Waals surface area contributed by atoms with E-state index in [4.69, 9.17) is 9.47 Å². The van der Waals surface area contributed by atoms with Crippen molar-refractivity contribution in [3.8, 4) is 11.5 Å². The molecule has 1 heterocycles. The van der Waals surface area contributed by atoms with Crippen LogP contribution < -0.4 is 9.47 Å². The zero-order chi connectivity index (χ0) is 22.8. The van der Waals surface area contributed by atoms with Crippen molar-refractivity contribution in [1.29, 1.82) is 0 Å². The summed E-state index contributed by atoms with van der Waals surface area (Å²) < 4.78 is 12.4. The van der Waals surface area contributed by atoms with Crippen molar-refractivity contribution in [2.75, 3.05) is 13.2 Å². The quantitative estimate of drug-likeness (QED) is 0.265. The Labute approximate surface area is 186 Å². The summed E-state index contributed by atoms with van der Waals surface area (Å²) in [4.78, 5) is 12.9. The number of hydrogen-bond acceptors (Lipinski definition) is 5. The fourth-order valence-corrected chi connectivity index (χ4v) is 4.77. The van der Waals surface area contributed by atoms with Gasteiger partial charge in [0, 0.05) is 17.4 Å². The molecule has 0 saturated heterocycles. The number of hydrogen-bond donors (Lipinski definition) is 2. The molecule has 0 spiro atoms. The molecule has 2 aliphatic rings. The highest BCUT2D eigenvalue weighted by molar-refractivity contribution is 5.80. The molecule has 3 rings (SSSR count). The smallest absolute Gasteiger partial charge is 0.321 e. The molecule has 1 unspecified atom stereocenters. The number of esters is 1. The molecule has 0 saturated carbocycles. The summed E-state index contributed by atoms with van der Waals surface area (Å²) in [6.07, 6.45) is 8.57. The Balaban J connectivity index is 2.09. The van der Waals surface area contributed by atoms with Crippen molar-refractivity contribution in [1.82, 2.24) is 0 Å². The molecule has 0 fully saturated rings. The third-order valence-corrected chi connectivity index (χ3v) is 6.97. The highest BCUT2D eigenvalue weighted by atomic mass is 16.5. The lowest BCUT2D eigenvalue weighted by Gasteiger charge is -2.46. The molecular weight excluding hydrogens is 392 g/mol. The summed E-state index contributed by atoms with van der Waals surface area (Å²) in [7, 11) is 0. The van der Waals surface area contributed by atoms with Gasteiger partial charge in [-0.05, 0) is 71.1 Å². The van der Waals surface area contributed by atoms with Crippen LogP contribution >= 0.6 is 0 Å². The normalized spacial score (nSPS) is 22.1. The second-order valence-electron chi connectivity index (χ2n) is 10.1. The first-order valence-corrected chi connectivity index (χ1v) is 11.6. The van der Waals surface area contributed by atoms with Crippen molar-refractivity contribution < 1.29 is 24.5 Å². The molecular formula is C26H38O5. The van der Waals surface area contributed by atoms with Crippen LogP contribution in [0.3, 0.4) is 0 Å². The van der Waals surface area contributed by atoms with Crippen molar-refractivity contribution in [2.45, 2.75) is 84.7 Å². The Morgan fingerprint density at radius 2 is 1.97 bits per heavy atom. The molecule has 5 heteroatoms. The van der Waals surface area contributed by atoms with Crippen LogP contribution in [0.4, 0.5) is 0 Å². The monoisotopic (exact) mass is 430 g/mol. The van der Waals surface area contributed by atoms with Gasteiger partial charge in [-0.3, -0.25) is 4.79 Å². The summed E-state index contributed by atoms with van der Waals surface area (Å²) in [6, 6.07) is 4.06. The number of ether oxygens (including phenoxy) is 2. The first-order valence-electron chi connectivity index (χ1n) is 11.6. The third kappa shape index (κ3) is 4.83. The lowest BCUT2D eigenvalue weighted by atomic mass is 9.68. The highest BCUT2D eigenvalue weighted by Gasteiger charge is 2.46. The third-order valence-electron chi connectivity index (χ3n) is 6.97. The van der Waals surface area contributed by atoms with Gasteiger partial charge in [-0.25, -0.2) is 0 Å². The minimum Gasteiger partial charge on any atom is -0.487 e. The number of aliphatic hydroxyl groups excluding tert-OH is 2. The van der Waals surface area contributed by atoms with E-state index in [1.54, 1.807) is 0 Å². The number of allylic oxidation sites excluding steroid dienone is 2. The Bertz CT molecular complexity index is 834. The molecule has 1 aromatic rings. The molecule has 0 radical (unpaired) electrons. The fraction of sp³-hybridized carbons (Fsp3) is 0.654. The van der Waals surface area contributed by atoms with E-state index >= 15 is 0 Å². The van der Waals surface area contributed by atoms with Crippen LogP contribution in [0.1, 0.15) is 83.8 Å². The summed E-state index contributed by atoms with van der Waals surface area (Å²) in [5.74, 6) is 1.05. The van der Waals surface area contributed by atoms with Gasteiger partial charge in [0.25, 0.3) is 0 Å². The molecule has 31 heavy (non-hydrogen) atoms. The minimum absolute atomic E-state index is 0.106. The van der Waals surface area contributed by atoms with E-state index in [-0.39, 0.29) is 17.4 Å². The van der Waals surface area contributed by atoms with Crippen molar-refractivity contribution in [3.63, 3.8) is 0 Å². The van der Waals surface area contributed by atoms with Gasteiger partial charge in [-0.15, -0.1) is 0 Å². The van der Waals surface area contributed by atoms with Gasteiger partial charge in [-0.1, -0.05) is 31.4 Å². The van der Waals surface area contributed by atoms with E-state index in [0.29, 0.717) is 5.75 Å². The number of unbranched alkanes of at least 4 members (excludes halogenated alkanes) is 2. The summed E-state index contributed by atoms with van der Waals surface area (Å²) in [5, 5.41) is 19.3. The number of rotatable bonds is 8. The van der Waals surface area contributed by atoms with Gasteiger partial charge in [0.1, 0.15) is 22.5 Å². The minimum atomic E-state index is -1.35. The Kier molecular flexibility index (Phi) is 7.17. The molecule has 2 atom stereocenters. The zero-order valence-electron chi connectivity index (χ0n) is 19.7. The lowest BCUT2D eigenvalue weighted by molar-refractivity contribution is -0.150. The van der Waals surface area contributed by atoms with E-state index in [9.17, 15) is 15.0 Å². The maximum absolute atomic E-state index is 12.9. The SMILES string of the molecule is CCCCCc1cc(OC(=O)C(C)(CO)CO)c2c(c1)OC(C)(C)[C@@H]1CCC(C)=CC21. The number of aryl methyl sites for hydroxylation is 1. The van der Waals surface area contributed by atoms with Crippen LogP contribution in [0.25, 0.3) is 0 Å². The second kappa shape index (κ2) is 9.33. The van der Waals surface area contributed by atoms with E-state index in [1.807, 2.05) is 6.07 Å².